The number of benzene rings is 1. The van der Waals surface area contributed by atoms with E-state index in [1.165, 1.54) is 5.56 Å². The molecule has 0 amide bonds. The Morgan fingerprint density at radius 1 is 1.33 bits per heavy atom. The summed E-state index contributed by atoms with van der Waals surface area (Å²) in [4.78, 5) is 4.51. The first-order valence-corrected chi connectivity index (χ1v) is 7.49. The van der Waals surface area contributed by atoms with Crippen LogP contribution >= 0.6 is 0 Å². The van der Waals surface area contributed by atoms with Gasteiger partial charge in [0.15, 0.2) is 5.82 Å². The molecule has 1 aliphatic heterocycles. The maximum atomic E-state index is 5.78. The summed E-state index contributed by atoms with van der Waals surface area (Å²) in [5.74, 6) is 2.59. The molecule has 0 saturated heterocycles. The second-order valence-corrected chi connectivity index (χ2v) is 5.72. The normalized spacial score (nSPS) is 17.6. The molecule has 1 aromatic carbocycles. The summed E-state index contributed by atoms with van der Waals surface area (Å²) in [5.41, 5.74) is 1.21. The summed E-state index contributed by atoms with van der Waals surface area (Å²) in [5, 5.41) is 7.46. The molecule has 3 rings (SSSR count). The van der Waals surface area contributed by atoms with E-state index in [1.807, 2.05) is 18.2 Å². The summed E-state index contributed by atoms with van der Waals surface area (Å²) >= 11 is 0. The average molecular weight is 287 g/mol. The molecule has 1 atom stereocenters. The summed E-state index contributed by atoms with van der Waals surface area (Å²) in [7, 11) is 0. The monoisotopic (exact) mass is 287 g/mol. The zero-order valence-corrected chi connectivity index (χ0v) is 12.5. The van der Waals surface area contributed by atoms with Gasteiger partial charge in [-0.25, -0.2) is 0 Å². The first-order chi connectivity index (χ1) is 10.2. The van der Waals surface area contributed by atoms with Crippen molar-refractivity contribution in [3.63, 3.8) is 0 Å². The molecule has 0 bridgehead atoms. The Morgan fingerprint density at radius 2 is 2.19 bits per heavy atom. The summed E-state index contributed by atoms with van der Waals surface area (Å²) < 4.78 is 11.1. The second-order valence-electron chi connectivity index (χ2n) is 5.72. The highest BCUT2D eigenvalue weighted by Gasteiger charge is 2.25. The largest absolute Gasteiger partial charge is 0.493 e. The van der Waals surface area contributed by atoms with E-state index >= 15 is 0 Å². The first kappa shape index (κ1) is 14.1. The third-order valence-electron chi connectivity index (χ3n) is 3.62. The molecule has 5 heteroatoms. The molecule has 1 aliphatic rings. The van der Waals surface area contributed by atoms with Crippen LogP contribution < -0.4 is 10.1 Å². The van der Waals surface area contributed by atoms with Crippen LogP contribution in [0.15, 0.2) is 28.8 Å². The van der Waals surface area contributed by atoms with Crippen molar-refractivity contribution >= 4 is 0 Å². The fourth-order valence-electron chi connectivity index (χ4n) is 2.50. The number of ether oxygens (including phenoxy) is 1. The minimum absolute atomic E-state index is 0.176. The van der Waals surface area contributed by atoms with Gasteiger partial charge in [0.05, 0.1) is 12.5 Å². The van der Waals surface area contributed by atoms with Gasteiger partial charge in [0.25, 0.3) is 0 Å². The van der Waals surface area contributed by atoms with Crippen LogP contribution in [0.5, 0.6) is 5.75 Å². The van der Waals surface area contributed by atoms with E-state index in [0.29, 0.717) is 18.5 Å². The molecule has 0 saturated carbocycles. The number of fused-ring (bicyclic) bond motifs is 1. The number of rotatable bonds is 5. The number of hydrogen-bond acceptors (Lipinski definition) is 5. The Bertz CT molecular complexity index is 595. The Labute approximate surface area is 124 Å². The van der Waals surface area contributed by atoms with Crippen LogP contribution in [0, 0.1) is 0 Å². The van der Waals surface area contributed by atoms with Crippen molar-refractivity contribution in [1.82, 2.24) is 15.5 Å². The molecule has 2 heterocycles. The maximum absolute atomic E-state index is 5.78. The maximum Gasteiger partial charge on any atom is 0.227 e. The zero-order chi connectivity index (χ0) is 14.7. The van der Waals surface area contributed by atoms with Gasteiger partial charge < -0.3 is 14.6 Å². The number of para-hydroxylation sites is 1. The predicted octanol–water partition coefficient (Wildman–Crippen LogP) is 2.33. The smallest absolute Gasteiger partial charge is 0.227 e. The van der Waals surface area contributed by atoms with E-state index in [4.69, 9.17) is 9.26 Å². The number of aromatic nitrogens is 2. The Morgan fingerprint density at radius 3 is 3.05 bits per heavy atom. The van der Waals surface area contributed by atoms with Gasteiger partial charge in [0.2, 0.25) is 5.89 Å². The second kappa shape index (κ2) is 6.26. The first-order valence-electron chi connectivity index (χ1n) is 7.49. The van der Waals surface area contributed by atoms with Crippen molar-refractivity contribution < 1.29 is 9.26 Å². The number of hydrogen-bond donors (Lipinski definition) is 1. The lowest BCUT2D eigenvalue weighted by Gasteiger charge is -2.22. The molecular formula is C16H21N3O2. The van der Waals surface area contributed by atoms with Crippen LogP contribution in [0.1, 0.15) is 37.0 Å². The molecule has 1 aromatic heterocycles. The third kappa shape index (κ3) is 3.42. The van der Waals surface area contributed by atoms with E-state index in [9.17, 15) is 0 Å². The fourth-order valence-corrected chi connectivity index (χ4v) is 2.50. The van der Waals surface area contributed by atoms with Crippen LogP contribution in [0.25, 0.3) is 0 Å². The molecule has 0 spiro atoms. The Hall–Kier alpha value is -1.88. The highest BCUT2D eigenvalue weighted by Crippen LogP contribution is 2.30. The molecule has 21 heavy (non-hydrogen) atoms. The molecule has 112 valence electrons. The summed E-state index contributed by atoms with van der Waals surface area (Å²) in [6.45, 7) is 5.70. The molecular weight excluding hydrogens is 266 g/mol. The van der Waals surface area contributed by atoms with E-state index < -0.39 is 0 Å². The van der Waals surface area contributed by atoms with Crippen LogP contribution in [0.3, 0.4) is 0 Å². The van der Waals surface area contributed by atoms with Crippen molar-refractivity contribution in [3.8, 4) is 5.75 Å². The molecule has 0 fully saturated rings. The van der Waals surface area contributed by atoms with Gasteiger partial charge in [-0.1, -0.05) is 37.2 Å². The molecule has 0 radical (unpaired) electrons. The van der Waals surface area contributed by atoms with Crippen molar-refractivity contribution in [1.29, 1.82) is 0 Å². The molecule has 1 N–H and O–H groups in total. The molecule has 1 unspecified atom stereocenters. The van der Waals surface area contributed by atoms with Crippen molar-refractivity contribution in [2.24, 2.45) is 0 Å². The SMILES string of the molecule is CC(C)NCCc1nc(C2COc3ccccc3C2)no1. The van der Waals surface area contributed by atoms with E-state index in [0.717, 1.165) is 31.0 Å². The fraction of sp³-hybridized carbons (Fsp3) is 0.500. The lowest BCUT2D eigenvalue weighted by molar-refractivity contribution is 0.253. The summed E-state index contributed by atoms with van der Waals surface area (Å²) in [6.07, 6.45) is 1.66. The number of nitrogens with zero attached hydrogens (tertiary/aromatic N) is 2. The Kier molecular flexibility index (Phi) is 4.20. The van der Waals surface area contributed by atoms with Crippen LogP contribution in [-0.4, -0.2) is 29.3 Å². The minimum atomic E-state index is 0.176. The lowest BCUT2D eigenvalue weighted by Crippen LogP contribution is -2.25. The standard InChI is InChI=1S/C16H21N3O2/c1-11(2)17-8-7-15-18-16(19-21-15)13-9-12-5-3-4-6-14(12)20-10-13/h3-6,11,13,17H,7-10H2,1-2H3. The Balaban J connectivity index is 1.62. The van der Waals surface area contributed by atoms with Gasteiger partial charge in [-0.15, -0.1) is 0 Å². The van der Waals surface area contributed by atoms with E-state index in [1.54, 1.807) is 0 Å². The topological polar surface area (TPSA) is 60.2 Å². The van der Waals surface area contributed by atoms with Gasteiger partial charge in [-0.3, -0.25) is 0 Å². The van der Waals surface area contributed by atoms with Gasteiger partial charge in [-0.05, 0) is 18.1 Å². The van der Waals surface area contributed by atoms with E-state index in [-0.39, 0.29) is 5.92 Å². The molecule has 2 aromatic rings. The average Bonchev–Trinajstić information content (AvgIpc) is 2.95. The zero-order valence-electron chi connectivity index (χ0n) is 12.5. The highest BCUT2D eigenvalue weighted by atomic mass is 16.5. The quantitative estimate of drug-likeness (QED) is 0.914. The molecule has 0 aliphatic carbocycles. The van der Waals surface area contributed by atoms with E-state index in [2.05, 4.69) is 35.4 Å². The van der Waals surface area contributed by atoms with Crippen LogP contribution in [-0.2, 0) is 12.8 Å². The van der Waals surface area contributed by atoms with Gasteiger partial charge in [0.1, 0.15) is 5.75 Å². The van der Waals surface area contributed by atoms with Gasteiger partial charge in [-0.2, -0.15) is 4.98 Å². The highest BCUT2D eigenvalue weighted by molar-refractivity contribution is 5.36. The minimum Gasteiger partial charge on any atom is -0.493 e. The summed E-state index contributed by atoms with van der Waals surface area (Å²) in [6, 6.07) is 8.59. The lowest BCUT2D eigenvalue weighted by atomic mass is 9.96. The van der Waals surface area contributed by atoms with Crippen molar-refractivity contribution in [3.05, 3.63) is 41.5 Å². The predicted molar refractivity (Wildman–Crippen MR) is 79.5 cm³/mol. The van der Waals surface area contributed by atoms with Crippen LogP contribution in [0.4, 0.5) is 0 Å². The van der Waals surface area contributed by atoms with Crippen LogP contribution in [0.2, 0.25) is 0 Å². The van der Waals surface area contributed by atoms with Gasteiger partial charge >= 0.3 is 0 Å². The van der Waals surface area contributed by atoms with Crippen molar-refractivity contribution in [2.75, 3.05) is 13.2 Å². The molecule has 5 nitrogen and oxygen atoms in total. The van der Waals surface area contributed by atoms with Gasteiger partial charge in [0, 0.05) is 19.0 Å². The number of nitrogens with one attached hydrogen (secondary N) is 1. The third-order valence-corrected chi connectivity index (χ3v) is 3.62. The van der Waals surface area contributed by atoms with Crippen molar-refractivity contribution in [2.45, 2.75) is 38.6 Å².